The molecule has 0 aromatic heterocycles. The second-order valence-electron chi connectivity index (χ2n) is 3.29. The Morgan fingerprint density at radius 2 is 2.33 bits per heavy atom. The van der Waals surface area contributed by atoms with Crippen molar-refractivity contribution in [1.29, 1.82) is 0 Å². The summed E-state index contributed by atoms with van der Waals surface area (Å²) in [6, 6.07) is 0. The Morgan fingerprint density at radius 1 is 1.58 bits per heavy atom. The number of ether oxygens (including phenoxy) is 1. The van der Waals surface area contributed by atoms with Crippen LogP contribution in [0.1, 0.15) is 39.0 Å². The third kappa shape index (κ3) is 2.48. The topological polar surface area (TPSA) is 46.5 Å². The second kappa shape index (κ2) is 4.45. The molecule has 2 unspecified atom stereocenters. The molecule has 0 saturated carbocycles. The van der Waals surface area contributed by atoms with E-state index < -0.39 is 12.1 Å². The molecule has 12 heavy (non-hydrogen) atoms. The first-order chi connectivity index (χ1) is 5.74. The molecule has 0 amide bonds. The number of hydrogen-bond acceptors (Lipinski definition) is 3. The molecule has 0 bridgehead atoms. The van der Waals surface area contributed by atoms with Crippen molar-refractivity contribution in [2.45, 2.75) is 51.2 Å². The van der Waals surface area contributed by atoms with E-state index in [1.165, 1.54) is 0 Å². The molecule has 1 fully saturated rings. The maximum Gasteiger partial charge on any atom is 0.335 e. The van der Waals surface area contributed by atoms with Crippen LogP contribution in [0.2, 0.25) is 0 Å². The van der Waals surface area contributed by atoms with Crippen molar-refractivity contribution < 1.29 is 14.6 Å². The van der Waals surface area contributed by atoms with Crippen LogP contribution in [-0.4, -0.2) is 23.3 Å². The highest BCUT2D eigenvalue weighted by atomic mass is 16.6. The van der Waals surface area contributed by atoms with Crippen molar-refractivity contribution in [2.75, 3.05) is 0 Å². The van der Waals surface area contributed by atoms with Crippen molar-refractivity contribution in [1.82, 2.24) is 0 Å². The number of cyclic esters (lactones) is 1. The van der Waals surface area contributed by atoms with E-state index in [0.29, 0.717) is 6.42 Å². The summed E-state index contributed by atoms with van der Waals surface area (Å²) in [5.41, 5.74) is 0. The normalized spacial score (nSPS) is 30.0. The summed E-state index contributed by atoms with van der Waals surface area (Å²) in [5, 5.41) is 9.05. The Balaban J connectivity index is 2.25. The van der Waals surface area contributed by atoms with E-state index in [9.17, 15) is 4.79 Å². The highest BCUT2D eigenvalue weighted by Crippen LogP contribution is 2.18. The van der Waals surface area contributed by atoms with Crippen LogP contribution in [0.15, 0.2) is 0 Å². The zero-order chi connectivity index (χ0) is 8.97. The summed E-state index contributed by atoms with van der Waals surface area (Å²) in [5.74, 6) is -0.442. The van der Waals surface area contributed by atoms with Gasteiger partial charge in [0.2, 0.25) is 0 Å². The minimum Gasteiger partial charge on any atom is -0.460 e. The van der Waals surface area contributed by atoms with Crippen LogP contribution in [0.4, 0.5) is 0 Å². The van der Waals surface area contributed by atoms with Crippen molar-refractivity contribution in [3.05, 3.63) is 0 Å². The summed E-state index contributed by atoms with van der Waals surface area (Å²) >= 11 is 0. The van der Waals surface area contributed by atoms with Gasteiger partial charge in [-0.3, -0.25) is 0 Å². The van der Waals surface area contributed by atoms with E-state index in [1.54, 1.807) is 0 Å². The first-order valence-electron chi connectivity index (χ1n) is 4.62. The van der Waals surface area contributed by atoms with E-state index in [2.05, 4.69) is 6.92 Å². The van der Waals surface area contributed by atoms with Crippen LogP contribution in [0.25, 0.3) is 0 Å². The van der Waals surface area contributed by atoms with Gasteiger partial charge in [0.25, 0.3) is 0 Å². The summed E-state index contributed by atoms with van der Waals surface area (Å²) in [6.45, 7) is 2.11. The zero-order valence-corrected chi connectivity index (χ0v) is 7.45. The van der Waals surface area contributed by atoms with Gasteiger partial charge in [-0.15, -0.1) is 0 Å². The van der Waals surface area contributed by atoms with Gasteiger partial charge in [0, 0.05) is 0 Å². The molecule has 1 heterocycles. The number of carbonyl (C=O) groups excluding carboxylic acids is 1. The maximum atomic E-state index is 10.9. The number of aliphatic hydroxyl groups is 1. The van der Waals surface area contributed by atoms with Crippen LogP contribution in [-0.2, 0) is 9.53 Å². The Hall–Kier alpha value is -0.570. The first-order valence-corrected chi connectivity index (χ1v) is 4.62. The van der Waals surface area contributed by atoms with Gasteiger partial charge in [-0.25, -0.2) is 4.79 Å². The average molecular weight is 172 g/mol. The van der Waals surface area contributed by atoms with Crippen LogP contribution < -0.4 is 0 Å². The van der Waals surface area contributed by atoms with Crippen molar-refractivity contribution >= 4 is 5.97 Å². The highest BCUT2D eigenvalue weighted by molar-refractivity contribution is 5.75. The summed E-state index contributed by atoms with van der Waals surface area (Å²) in [4.78, 5) is 10.9. The Kier molecular flexibility index (Phi) is 3.53. The lowest BCUT2D eigenvalue weighted by Gasteiger charge is -2.25. The van der Waals surface area contributed by atoms with Crippen LogP contribution in [0.3, 0.4) is 0 Å². The number of aliphatic hydroxyl groups excluding tert-OH is 1. The molecule has 0 spiro atoms. The van der Waals surface area contributed by atoms with Gasteiger partial charge >= 0.3 is 5.97 Å². The number of esters is 1. The molecule has 0 aromatic carbocycles. The first kappa shape index (κ1) is 9.52. The second-order valence-corrected chi connectivity index (χ2v) is 3.29. The molecular formula is C9H16O3. The molecule has 1 saturated heterocycles. The summed E-state index contributed by atoms with van der Waals surface area (Å²) in [6.07, 6.45) is 3.71. The third-order valence-electron chi connectivity index (χ3n) is 2.20. The standard InChI is InChI=1S/C9H16O3/c1-2-3-4-7-5-6-8(10)9(11)12-7/h7-8,10H,2-6H2,1H3. The van der Waals surface area contributed by atoms with Crippen molar-refractivity contribution in [2.24, 2.45) is 0 Å². The van der Waals surface area contributed by atoms with E-state index in [0.717, 1.165) is 25.7 Å². The van der Waals surface area contributed by atoms with E-state index in [4.69, 9.17) is 9.84 Å². The predicted molar refractivity (Wildman–Crippen MR) is 44.6 cm³/mol. The lowest BCUT2D eigenvalue weighted by atomic mass is 10.0. The monoisotopic (exact) mass is 172 g/mol. The van der Waals surface area contributed by atoms with Crippen LogP contribution >= 0.6 is 0 Å². The van der Waals surface area contributed by atoms with Gasteiger partial charge in [-0.1, -0.05) is 19.8 Å². The summed E-state index contributed by atoms with van der Waals surface area (Å²) < 4.78 is 5.01. The summed E-state index contributed by atoms with van der Waals surface area (Å²) in [7, 11) is 0. The van der Waals surface area contributed by atoms with Gasteiger partial charge in [-0.05, 0) is 19.3 Å². The molecule has 1 aliphatic rings. The van der Waals surface area contributed by atoms with Gasteiger partial charge in [0.05, 0.1) is 0 Å². The Morgan fingerprint density at radius 3 is 2.92 bits per heavy atom. The molecule has 1 aliphatic heterocycles. The number of hydrogen-bond donors (Lipinski definition) is 1. The van der Waals surface area contributed by atoms with Gasteiger partial charge in [0.1, 0.15) is 6.10 Å². The molecule has 1 rings (SSSR count). The molecule has 0 aromatic rings. The predicted octanol–water partition coefficient (Wildman–Crippen LogP) is 1.24. The number of unbranched alkanes of at least 4 members (excludes halogenated alkanes) is 1. The minimum absolute atomic E-state index is 0.0563. The fraction of sp³-hybridized carbons (Fsp3) is 0.889. The Bertz CT molecular complexity index is 154. The number of rotatable bonds is 3. The van der Waals surface area contributed by atoms with Gasteiger partial charge < -0.3 is 9.84 Å². The SMILES string of the molecule is CCCCC1CCC(O)C(=O)O1. The van der Waals surface area contributed by atoms with Crippen molar-refractivity contribution in [3.8, 4) is 0 Å². The van der Waals surface area contributed by atoms with Gasteiger partial charge in [-0.2, -0.15) is 0 Å². The quantitative estimate of drug-likeness (QED) is 0.651. The lowest BCUT2D eigenvalue weighted by Crippen LogP contribution is -2.34. The molecule has 1 N–H and O–H groups in total. The van der Waals surface area contributed by atoms with Gasteiger partial charge in [0.15, 0.2) is 6.10 Å². The fourth-order valence-corrected chi connectivity index (χ4v) is 1.40. The van der Waals surface area contributed by atoms with E-state index in [-0.39, 0.29) is 6.10 Å². The molecule has 3 heteroatoms. The van der Waals surface area contributed by atoms with Crippen LogP contribution in [0, 0.1) is 0 Å². The van der Waals surface area contributed by atoms with Crippen LogP contribution in [0.5, 0.6) is 0 Å². The lowest BCUT2D eigenvalue weighted by molar-refractivity contribution is -0.167. The molecular weight excluding hydrogens is 156 g/mol. The number of carbonyl (C=O) groups is 1. The average Bonchev–Trinajstić information content (AvgIpc) is 2.07. The zero-order valence-electron chi connectivity index (χ0n) is 7.45. The minimum atomic E-state index is -0.872. The smallest absolute Gasteiger partial charge is 0.335 e. The van der Waals surface area contributed by atoms with Crippen molar-refractivity contribution in [3.63, 3.8) is 0 Å². The maximum absolute atomic E-state index is 10.9. The molecule has 2 atom stereocenters. The molecule has 70 valence electrons. The highest BCUT2D eigenvalue weighted by Gasteiger charge is 2.27. The molecule has 3 nitrogen and oxygen atoms in total. The molecule has 0 radical (unpaired) electrons. The van der Waals surface area contributed by atoms with E-state index >= 15 is 0 Å². The fourth-order valence-electron chi connectivity index (χ4n) is 1.40. The largest absolute Gasteiger partial charge is 0.460 e. The molecule has 0 aliphatic carbocycles. The van der Waals surface area contributed by atoms with E-state index in [1.807, 2.05) is 0 Å². The third-order valence-corrected chi connectivity index (χ3v) is 2.20. The Labute approximate surface area is 72.7 Å².